The Balaban J connectivity index is 0.00000192. The highest BCUT2D eigenvalue weighted by Crippen LogP contribution is 2.24. The molecule has 0 amide bonds. The van der Waals surface area contributed by atoms with Gasteiger partial charge in [-0.2, -0.15) is 0 Å². The van der Waals surface area contributed by atoms with Crippen LogP contribution in [0.25, 0.3) is 21.9 Å². The summed E-state index contributed by atoms with van der Waals surface area (Å²) in [4.78, 5) is 10.8. The van der Waals surface area contributed by atoms with Crippen LogP contribution in [0.15, 0.2) is 66.7 Å². The van der Waals surface area contributed by atoms with Gasteiger partial charge in [0.05, 0.1) is 0 Å². The number of carboxylic acids is 1. The molecule has 3 nitrogen and oxygen atoms in total. The highest BCUT2D eigenvalue weighted by molar-refractivity contribution is 5.87. The number of halogens is 1. The number of hydrogen-bond donors (Lipinski definition) is 2. The van der Waals surface area contributed by atoms with Crippen molar-refractivity contribution in [2.24, 2.45) is 5.73 Å². The molecule has 0 heterocycles. The smallest absolute Gasteiger partial charge is 0.320 e. The van der Waals surface area contributed by atoms with E-state index in [9.17, 15) is 4.79 Å². The normalized spacial score (nSPS) is 11.7. The molecule has 1 atom stereocenters. The van der Waals surface area contributed by atoms with Crippen LogP contribution in [0.1, 0.15) is 5.56 Å². The first-order chi connectivity index (χ1) is 10.6. The van der Waals surface area contributed by atoms with Crippen molar-refractivity contribution in [3.05, 3.63) is 72.3 Å². The largest absolute Gasteiger partial charge is 0.480 e. The van der Waals surface area contributed by atoms with Gasteiger partial charge in [-0.1, -0.05) is 60.7 Å². The second-order valence-corrected chi connectivity index (χ2v) is 5.41. The minimum atomic E-state index is -0.974. The highest BCUT2D eigenvalue weighted by atomic mass is 35.5. The van der Waals surface area contributed by atoms with Crippen molar-refractivity contribution in [3.8, 4) is 11.1 Å². The average molecular weight is 328 g/mol. The van der Waals surface area contributed by atoms with E-state index in [2.05, 4.69) is 30.3 Å². The van der Waals surface area contributed by atoms with Gasteiger partial charge >= 0.3 is 5.97 Å². The lowest BCUT2D eigenvalue weighted by molar-refractivity contribution is -0.138. The highest BCUT2D eigenvalue weighted by Gasteiger charge is 2.11. The Morgan fingerprint density at radius 3 is 2.17 bits per heavy atom. The maximum absolute atomic E-state index is 10.8. The zero-order chi connectivity index (χ0) is 15.5. The van der Waals surface area contributed by atoms with Gasteiger partial charge in [-0.05, 0) is 39.9 Å². The molecule has 0 fully saturated rings. The molecule has 0 saturated carbocycles. The molecular formula is C19H18ClNO2. The van der Waals surface area contributed by atoms with Crippen molar-refractivity contribution in [1.82, 2.24) is 0 Å². The number of fused-ring (bicyclic) bond motifs is 1. The predicted molar refractivity (Wildman–Crippen MR) is 95.9 cm³/mol. The monoisotopic (exact) mass is 327 g/mol. The van der Waals surface area contributed by atoms with Gasteiger partial charge in [-0.15, -0.1) is 12.4 Å². The quantitative estimate of drug-likeness (QED) is 0.764. The van der Waals surface area contributed by atoms with Crippen molar-refractivity contribution in [3.63, 3.8) is 0 Å². The molecule has 118 valence electrons. The molecule has 0 unspecified atom stereocenters. The first-order valence-electron chi connectivity index (χ1n) is 7.20. The summed E-state index contributed by atoms with van der Waals surface area (Å²) in [7, 11) is 0. The molecule has 0 aromatic heterocycles. The van der Waals surface area contributed by atoms with E-state index in [1.54, 1.807) is 0 Å². The summed E-state index contributed by atoms with van der Waals surface area (Å²) in [5, 5.41) is 11.3. The Hall–Kier alpha value is -2.36. The van der Waals surface area contributed by atoms with Gasteiger partial charge < -0.3 is 10.8 Å². The fraction of sp³-hybridized carbons (Fsp3) is 0.105. The number of carboxylic acid groups (broad SMARTS) is 1. The fourth-order valence-corrected chi connectivity index (χ4v) is 2.54. The molecule has 23 heavy (non-hydrogen) atoms. The van der Waals surface area contributed by atoms with Crippen molar-refractivity contribution in [1.29, 1.82) is 0 Å². The molecule has 3 aromatic carbocycles. The van der Waals surface area contributed by atoms with Gasteiger partial charge in [0.15, 0.2) is 0 Å². The van der Waals surface area contributed by atoms with Crippen LogP contribution in [0.5, 0.6) is 0 Å². The van der Waals surface area contributed by atoms with Gasteiger partial charge in [0.2, 0.25) is 0 Å². The summed E-state index contributed by atoms with van der Waals surface area (Å²) in [6, 6.07) is 21.7. The molecule has 3 aromatic rings. The molecule has 0 bridgehead atoms. The Kier molecular flexibility index (Phi) is 5.37. The van der Waals surface area contributed by atoms with E-state index in [1.165, 1.54) is 10.8 Å². The van der Waals surface area contributed by atoms with Crippen molar-refractivity contribution in [2.75, 3.05) is 0 Å². The van der Waals surface area contributed by atoms with Crippen LogP contribution in [0, 0.1) is 0 Å². The predicted octanol–water partition coefficient (Wildman–Crippen LogP) is 3.88. The molecular weight excluding hydrogens is 310 g/mol. The summed E-state index contributed by atoms with van der Waals surface area (Å²) in [6.45, 7) is 0. The van der Waals surface area contributed by atoms with Crippen LogP contribution < -0.4 is 5.73 Å². The van der Waals surface area contributed by atoms with Gasteiger partial charge in [0.1, 0.15) is 6.04 Å². The van der Waals surface area contributed by atoms with E-state index in [-0.39, 0.29) is 12.4 Å². The van der Waals surface area contributed by atoms with Crippen LogP contribution in [-0.4, -0.2) is 17.1 Å². The van der Waals surface area contributed by atoms with E-state index in [0.717, 1.165) is 16.7 Å². The van der Waals surface area contributed by atoms with Crippen LogP contribution >= 0.6 is 12.4 Å². The molecule has 0 radical (unpaired) electrons. The van der Waals surface area contributed by atoms with Crippen LogP contribution in [0.3, 0.4) is 0 Å². The maximum atomic E-state index is 10.8. The lowest BCUT2D eigenvalue weighted by Gasteiger charge is -2.08. The number of nitrogens with two attached hydrogens (primary N) is 1. The molecule has 4 heteroatoms. The minimum Gasteiger partial charge on any atom is -0.480 e. The van der Waals surface area contributed by atoms with Crippen LogP contribution in [0.4, 0.5) is 0 Å². The standard InChI is InChI=1S/C19H17NO2.ClH/c20-18(19(21)22)11-13-5-7-15(8-6-13)17-10-9-14-3-1-2-4-16(14)12-17;/h1-10,12,18H,11,20H2,(H,21,22);1H/t18-;/m0./s1. The second kappa shape index (κ2) is 7.27. The average Bonchev–Trinajstić information content (AvgIpc) is 2.55. The fourth-order valence-electron chi connectivity index (χ4n) is 2.54. The van der Waals surface area contributed by atoms with Crippen LogP contribution in [0.2, 0.25) is 0 Å². The Labute approximate surface area is 141 Å². The summed E-state index contributed by atoms with van der Waals surface area (Å²) in [5.74, 6) is -0.974. The third-order valence-corrected chi connectivity index (χ3v) is 3.81. The lowest BCUT2D eigenvalue weighted by atomic mass is 9.99. The Morgan fingerprint density at radius 1 is 0.913 bits per heavy atom. The third-order valence-electron chi connectivity index (χ3n) is 3.81. The van der Waals surface area contributed by atoms with Crippen molar-refractivity contribution >= 4 is 29.1 Å². The van der Waals surface area contributed by atoms with Gasteiger partial charge in [0.25, 0.3) is 0 Å². The summed E-state index contributed by atoms with van der Waals surface area (Å²) in [5.41, 5.74) is 8.75. The van der Waals surface area contributed by atoms with Gasteiger partial charge in [-0.25, -0.2) is 0 Å². The van der Waals surface area contributed by atoms with Gasteiger partial charge in [0, 0.05) is 0 Å². The Morgan fingerprint density at radius 2 is 1.52 bits per heavy atom. The number of rotatable bonds is 4. The van der Waals surface area contributed by atoms with Crippen molar-refractivity contribution in [2.45, 2.75) is 12.5 Å². The van der Waals surface area contributed by atoms with E-state index in [0.29, 0.717) is 6.42 Å². The zero-order valence-corrected chi connectivity index (χ0v) is 13.3. The summed E-state index contributed by atoms with van der Waals surface area (Å²) >= 11 is 0. The first-order valence-corrected chi connectivity index (χ1v) is 7.20. The lowest BCUT2D eigenvalue weighted by Crippen LogP contribution is -2.32. The minimum absolute atomic E-state index is 0. The van der Waals surface area contributed by atoms with Gasteiger partial charge in [-0.3, -0.25) is 4.79 Å². The number of hydrogen-bond acceptors (Lipinski definition) is 2. The number of aliphatic carboxylic acids is 1. The third kappa shape index (κ3) is 3.89. The van der Waals surface area contributed by atoms with E-state index in [1.807, 2.05) is 36.4 Å². The van der Waals surface area contributed by atoms with E-state index >= 15 is 0 Å². The summed E-state index contributed by atoms with van der Waals surface area (Å²) < 4.78 is 0. The summed E-state index contributed by atoms with van der Waals surface area (Å²) in [6.07, 6.45) is 0.341. The molecule has 3 N–H and O–H groups in total. The van der Waals surface area contributed by atoms with Crippen LogP contribution in [-0.2, 0) is 11.2 Å². The van der Waals surface area contributed by atoms with E-state index < -0.39 is 12.0 Å². The topological polar surface area (TPSA) is 63.3 Å². The molecule has 0 aliphatic heterocycles. The Bertz CT molecular complexity index is 815. The van der Waals surface area contributed by atoms with Crippen molar-refractivity contribution < 1.29 is 9.90 Å². The second-order valence-electron chi connectivity index (χ2n) is 5.41. The molecule has 0 spiro atoms. The number of benzene rings is 3. The maximum Gasteiger partial charge on any atom is 0.320 e. The molecule has 0 saturated heterocycles. The zero-order valence-electron chi connectivity index (χ0n) is 12.5. The first kappa shape index (κ1) is 17.0. The molecule has 3 rings (SSSR count). The molecule has 0 aliphatic carbocycles. The number of carbonyl (C=O) groups is 1. The SMILES string of the molecule is Cl.N[C@@H](Cc1ccc(-c2ccc3ccccc3c2)cc1)C(=O)O. The molecule has 0 aliphatic rings. The van der Waals surface area contributed by atoms with E-state index in [4.69, 9.17) is 10.8 Å².